The van der Waals surface area contributed by atoms with Crippen molar-refractivity contribution in [1.29, 1.82) is 0 Å². The molecule has 0 saturated carbocycles. The Balaban J connectivity index is 1.70. The number of carbonyl (C=O) groups is 2. The highest BCUT2D eigenvalue weighted by Gasteiger charge is 2.29. The van der Waals surface area contributed by atoms with Crippen LogP contribution in [0.25, 0.3) is 0 Å². The fraction of sp³-hybridized carbons (Fsp3) is 0.421. The average Bonchev–Trinajstić information content (AvgIpc) is 2.96. The molecule has 0 bridgehead atoms. The first-order valence-corrected chi connectivity index (χ1v) is 9.46. The van der Waals surface area contributed by atoms with Crippen LogP contribution in [0.4, 0.5) is 9.18 Å². The molecule has 1 aliphatic heterocycles. The second-order valence-electron chi connectivity index (χ2n) is 6.51. The third-order valence-electron chi connectivity index (χ3n) is 4.62. The zero-order valence-corrected chi connectivity index (χ0v) is 16.6. The molecule has 0 atom stereocenters. The second kappa shape index (κ2) is 8.60. The number of rotatable bonds is 4. The molecule has 9 heteroatoms. The molecule has 0 unspecified atom stereocenters. The Morgan fingerprint density at radius 3 is 2.36 bits per heavy atom. The van der Waals surface area contributed by atoms with E-state index in [1.165, 1.54) is 16.8 Å². The summed E-state index contributed by atoms with van der Waals surface area (Å²) in [6.07, 6.45) is -0.365. The number of benzene rings is 1. The zero-order valence-electron chi connectivity index (χ0n) is 15.8. The van der Waals surface area contributed by atoms with Gasteiger partial charge in [-0.15, -0.1) is 0 Å². The second-order valence-corrected chi connectivity index (χ2v) is 6.87. The number of piperazine rings is 1. The third-order valence-corrected chi connectivity index (χ3v) is 5.00. The van der Waals surface area contributed by atoms with Gasteiger partial charge in [0.1, 0.15) is 11.0 Å². The van der Waals surface area contributed by atoms with E-state index in [0.717, 1.165) is 5.56 Å². The van der Waals surface area contributed by atoms with E-state index in [2.05, 4.69) is 5.10 Å². The van der Waals surface area contributed by atoms with Crippen LogP contribution in [0.1, 0.15) is 28.5 Å². The van der Waals surface area contributed by atoms with E-state index in [4.69, 9.17) is 16.3 Å². The first kappa shape index (κ1) is 20.1. The number of aromatic nitrogens is 2. The van der Waals surface area contributed by atoms with E-state index in [1.54, 1.807) is 35.8 Å². The molecule has 1 aromatic carbocycles. The van der Waals surface area contributed by atoms with Gasteiger partial charge in [-0.05, 0) is 31.5 Å². The summed E-state index contributed by atoms with van der Waals surface area (Å²) in [6.45, 7) is 5.76. The molecular weight excluding hydrogens is 387 g/mol. The predicted octanol–water partition coefficient (Wildman–Crippen LogP) is 2.95. The minimum atomic E-state index is -0.365. The molecule has 2 heterocycles. The van der Waals surface area contributed by atoms with Crippen molar-refractivity contribution in [2.45, 2.75) is 20.4 Å². The molecule has 1 aromatic heterocycles. The predicted molar refractivity (Wildman–Crippen MR) is 102 cm³/mol. The van der Waals surface area contributed by atoms with Crippen LogP contribution in [0.2, 0.25) is 5.15 Å². The average molecular weight is 409 g/mol. The van der Waals surface area contributed by atoms with E-state index in [-0.39, 0.29) is 23.0 Å². The molecule has 0 radical (unpaired) electrons. The molecule has 1 saturated heterocycles. The molecule has 28 heavy (non-hydrogen) atoms. The minimum absolute atomic E-state index is 0.212. The normalized spacial score (nSPS) is 14.3. The zero-order chi connectivity index (χ0) is 20.3. The van der Waals surface area contributed by atoms with Gasteiger partial charge in [0, 0.05) is 26.2 Å². The maximum absolute atomic E-state index is 13.1. The summed E-state index contributed by atoms with van der Waals surface area (Å²) in [5.74, 6) is -0.527. The van der Waals surface area contributed by atoms with E-state index < -0.39 is 0 Å². The van der Waals surface area contributed by atoms with Crippen molar-refractivity contribution in [2.24, 2.45) is 0 Å². The minimum Gasteiger partial charge on any atom is -0.450 e. The van der Waals surface area contributed by atoms with Gasteiger partial charge in [0.25, 0.3) is 5.91 Å². The van der Waals surface area contributed by atoms with Gasteiger partial charge in [-0.2, -0.15) is 5.10 Å². The van der Waals surface area contributed by atoms with Crippen molar-refractivity contribution in [3.63, 3.8) is 0 Å². The van der Waals surface area contributed by atoms with E-state index in [1.807, 2.05) is 0 Å². The van der Waals surface area contributed by atoms with Crippen LogP contribution in [0.15, 0.2) is 24.3 Å². The van der Waals surface area contributed by atoms with Gasteiger partial charge in [-0.1, -0.05) is 23.7 Å². The summed E-state index contributed by atoms with van der Waals surface area (Å²) in [5.41, 5.74) is 1.71. The van der Waals surface area contributed by atoms with Crippen molar-refractivity contribution in [3.8, 4) is 0 Å². The highest BCUT2D eigenvalue weighted by atomic mass is 35.5. The van der Waals surface area contributed by atoms with Gasteiger partial charge >= 0.3 is 6.09 Å². The van der Waals surface area contributed by atoms with E-state index in [9.17, 15) is 14.0 Å². The molecule has 1 fully saturated rings. The quantitative estimate of drug-likeness (QED) is 0.780. The number of nitrogens with zero attached hydrogens (tertiary/aromatic N) is 4. The Morgan fingerprint density at radius 2 is 1.75 bits per heavy atom. The lowest BCUT2D eigenvalue weighted by Crippen LogP contribution is -2.50. The van der Waals surface area contributed by atoms with E-state index in [0.29, 0.717) is 50.6 Å². The molecular formula is C19H22ClFN4O3. The summed E-state index contributed by atoms with van der Waals surface area (Å²) in [6, 6.07) is 6.04. The largest absolute Gasteiger partial charge is 0.450 e. The third kappa shape index (κ3) is 4.27. The molecule has 0 N–H and O–H groups in total. The monoisotopic (exact) mass is 408 g/mol. The molecule has 2 aromatic rings. The maximum Gasteiger partial charge on any atom is 0.409 e. The number of carbonyl (C=O) groups excluding carboxylic acids is 2. The standard InChI is InChI=1S/C19H22ClFN4O3/c1-3-28-19(27)24-10-8-23(9-11-24)18(26)16-13(2)22-25(17(16)20)12-14-4-6-15(21)7-5-14/h4-7H,3,8-12H2,1-2H3. The van der Waals surface area contributed by atoms with Crippen molar-refractivity contribution in [3.05, 3.63) is 52.1 Å². The summed E-state index contributed by atoms with van der Waals surface area (Å²) in [7, 11) is 0. The molecule has 2 amide bonds. The highest BCUT2D eigenvalue weighted by molar-refractivity contribution is 6.33. The van der Waals surface area contributed by atoms with Crippen LogP contribution in [-0.4, -0.2) is 64.4 Å². The molecule has 0 spiro atoms. The van der Waals surface area contributed by atoms with Crippen molar-refractivity contribution in [2.75, 3.05) is 32.8 Å². The molecule has 150 valence electrons. The van der Waals surface area contributed by atoms with Crippen molar-refractivity contribution in [1.82, 2.24) is 19.6 Å². The number of hydrogen-bond donors (Lipinski definition) is 0. The van der Waals surface area contributed by atoms with Gasteiger partial charge in [-0.25, -0.2) is 13.9 Å². The highest BCUT2D eigenvalue weighted by Crippen LogP contribution is 2.23. The first-order valence-electron chi connectivity index (χ1n) is 9.09. The van der Waals surface area contributed by atoms with Gasteiger partial charge in [0.2, 0.25) is 0 Å². The summed E-state index contributed by atoms with van der Waals surface area (Å²) in [4.78, 5) is 28.0. The van der Waals surface area contributed by atoms with Crippen LogP contribution in [0.5, 0.6) is 0 Å². The number of hydrogen-bond acceptors (Lipinski definition) is 4. The Bertz CT molecular complexity index is 861. The molecule has 1 aliphatic rings. The number of aryl methyl sites for hydroxylation is 1. The number of amides is 2. The lowest BCUT2D eigenvalue weighted by atomic mass is 10.2. The Labute approximate surface area is 167 Å². The SMILES string of the molecule is CCOC(=O)N1CCN(C(=O)c2c(C)nn(Cc3ccc(F)cc3)c2Cl)CC1. The van der Waals surface area contributed by atoms with Crippen LogP contribution < -0.4 is 0 Å². The van der Waals surface area contributed by atoms with Crippen molar-refractivity contribution < 1.29 is 18.7 Å². The first-order chi connectivity index (χ1) is 13.4. The molecule has 0 aliphatic carbocycles. The van der Waals surface area contributed by atoms with Crippen molar-refractivity contribution >= 4 is 23.6 Å². The van der Waals surface area contributed by atoms with Crippen LogP contribution in [-0.2, 0) is 11.3 Å². The maximum atomic E-state index is 13.1. The van der Waals surface area contributed by atoms with Gasteiger partial charge in [-0.3, -0.25) is 4.79 Å². The summed E-state index contributed by atoms with van der Waals surface area (Å²) < 4.78 is 19.6. The fourth-order valence-corrected chi connectivity index (χ4v) is 3.44. The Kier molecular flexibility index (Phi) is 6.18. The lowest BCUT2D eigenvalue weighted by Gasteiger charge is -2.34. The Morgan fingerprint density at radius 1 is 1.14 bits per heavy atom. The van der Waals surface area contributed by atoms with Crippen LogP contribution in [0, 0.1) is 12.7 Å². The fourth-order valence-electron chi connectivity index (χ4n) is 3.13. The molecule has 3 rings (SSSR count). The van der Waals surface area contributed by atoms with Gasteiger partial charge in [0.05, 0.1) is 24.4 Å². The molecule has 7 nitrogen and oxygen atoms in total. The number of halogens is 2. The lowest BCUT2D eigenvalue weighted by molar-refractivity contribution is 0.0570. The summed E-state index contributed by atoms with van der Waals surface area (Å²) >= 11 is 6.44. The summed E-state index contributed by atoms with van der Waals surface area (Å²) in [5, 5.41) is 4.62. The van der Waals surface area contributed by atoms with Crippen LogP contribution in [0.3, 0.4) is 0 Å². The van der Waals surface area contributed by atoms with Gasteiger partial charge < -0.3 is 14.5 Å². The Hall–Kier alpha value is -2.61. The van der Waals surface area contributed by atoms with Gasteiger partial charge in [0.15, 0.2) is 0 Å². The topological polar surface area (TPSA) is 67.7 Å². The number of ether oxygens (including phenoxy) is 1. The smallest absolute Gasteiger partial charge is 0.409 e. The van der Waals surface area contributed by atoms with E-state index >= 15 is 0 Å². The van der Waals surface area contributed by atoms with Crippen LogP contribution >= 0.6 is 11.6 Å².